The van der Waals surface area contributed by atoms with Gasteiger partial charge < -0.3 is 10.1 Å². The summed E-state index contributed by atoms with van der Waals surface area (Å²) in [5.41, 5.74) is 0.744. The van der Waals surface area contributed by atoms with E-state index in [9.17, 15) is 9.18 Å². The van der Waals surface area contributed by atoms with Crippen molar-refractivity contribution in [2.75, 3.05) is 11.9 Å². The molecule has 0 heterocycles. The van der Waals surface area contributed by atoms with E-state index in [0.29, 0.717) is 12.2 Å². The number of unbranched alkanes of at least 4 members (excludes halogenated alkanes) is 1. The van der Waals surface area contributed by atoms with Crippen molar-refractivity contribution >= 4 is 23.1 Å². The van der Waals surface area contributed by atoms with Crippen LogP contribution in [-0.2, 0) is 0 Å². The molecule has 126 valence electrons. The zero-order valence-corrected chi connectivity index (χ0v) is 14.1. The number of hydrogen-bond acceptors (Lipinski definition) is 3. The lowest BCUT2D eigenvalue weighted by Gasteiger charge is -2.05. The number of anilines is 1. The lowest BCUT2D eigenvalue weighted by Crippen LogP contribution is -1.99. The van der Waals surface area contributed by atoms with Gasteiger partial charge in [0.1, 0.15) is 5.75 Å². The van der Waals surface area contributed by atoms with Crippen LogP contribution in [0.1, 0.15) is 30.1 Å². The summed E-state index contributed by atoms with van der Waals surface area (Å²) in [7, 11) is 0. The van der Waals surface area contributed by atoms with Gasteiger partial charge in [-0.15, -0.1) is 0 Å². The molecule has 3 nitrogen and oxygen atoms in total. The zero-order chi connectivity index (χ0) is 17.4. The number of carbonyl (C=O) groups is 1. The molecule has 0 saturated carbocycles. The molecule has 0 aliphatic heterocycles. The molecule has 0 unspecified atom stereocenters. The predicted octanol–water partition coefficient (Wildman–Crippen LogP) is 5.47. The third-order valence-electron chi connectivity index (χ3n) is 3.33. The van der Waals surface area contributed by atoms with Crippen LogP contribution in [0.5, 0.6) is 5.75 Å². The number of allylic oxidation sites excluding steroid dienone is 1. The number of hydrogen-bond donors (Lipinski definition) is 1. The molecule has 0 atom stereocenters. The van der Waals surface area contributed by atoms with Gasteiger partial charge in [0.05, 0.1) is 17.3 Å². The summed E-state index contributed by atoms with van der Waals surface area (Å²) in [6.45, 7) is 2.76. The summed E-state index contributed by atoms with van der Waals surface area (Å²) in [6.07, 6.45) is 4.80. The number of rotatable bonds is 8. The van der Waals surface area contributed by atoms with Gasteiger partial charge >= 0.3 is 0 Å². The molecule has 24 heavy (non-hydrogen) atoms. The second kappa shape index (κ2) is 9.08. The number of benzene rings is 2. The van der Waals surface area contributed by atoms with E-state index in [0.717, 1.165) is 18.6 Å². The zero-order valence-electron chi connectivity index (χ0n) is 13.4. The van der Waals surface area contributed by atoms with E-state index in [4.69, 9.17) is 16.3 Å². The molecular formula is C19H19ClFNO2. The second-order valence-corrected chi connectivity index (χ2v) is 5.58. The fourth-order valence-corrected chi connectivity index (χ4v) is 2.14. The Morgan fingerprint density at radius 1 is 1.25 bits per heavy atom. The quantitative estimate of drug-likeness (QED) is 0.391. The van der Waals surface area contributed by atoms with Crippen molar-refractivity contribution in [3.8, 4) is 5.75 Å². The highest BCUT2D eigenvalue weighted by molar-refractivity contribution is 6.31. The summed E-state index contributed by atoms with van der Waals surface area (Å²) in [4.78, 5) is 12.1. The van der Waals surface area contributed by atoms with Crippen molar-refractivity contribution < 1.29 is 13.9 Å². The fraction of sp³-hybridized carbons (Fsp3) is 0.211. The van der Waals surface area contributed by atoms with Crippen LogP contribution < -0.4 is 10.1 Å². The Bertz CT molecular complexity index is 714. The molecule has 2 rings (SSSR count). The Hall–Kier alpha value is -2.33. The molecule has 0 saturated heterocycles. The maximum absolute atomic E-state index is 13.7. The highest BCUT2D eigenvalue weighted by Crippen LogP contribution is 2.22. The SMILES string of the molecule is CCCCOc1ccc(C(=O)C=CNc2cccc(Cl)c2F)cc1. The molecule has 5 heteroatoms. The normalized spacial score (nSPS) is 10.8. The predicted molar refractivity (Wildman–Crippen MR) is 95.3 cm³/mol. The van der Waals surface area contributed by atoms with Crippen molar-refractivity contribution in [3.63, 3.8) is 0 Å². The third kappa shape index (κ3) is 5.10. The fourth-order valence-electron chi connectivity index (χ4n) is 1.97. The minimum absolute atomic E-state index is 0.0263. The highest BCUT2D eigenvalue weighted by atomic mass is 35.5. The van der Waals surface area contributed by atoms with Gasteiger partial charge in [-0.2, -0.15) is 0 Å². The lowest BCUT2D eigenvalue weighted by atomic mass is 10.1. The van der Waals surface area contributed by atoms with E-state index >= 15 is 0 Å². The maximum Gasteiger partial charge on any atom is 0.187 e. The van der Waals surface area contributed by atoms with Crippen LogP contribution in [0.2, 0.25) is 5.02 Å². The van der Waals surface area contributed by atoms with E-state index < -0.39 is 5.82 Å². The summed E-state index contributed by atoms with van der Waals surface area (Å²) >= 11 is 5.69. The minimum atomic E-state index is -0.551. The van der Waals surface area contributed by atoms with Crippen LogP contribution in [-0.4, -0.2) is 12.4 Å². The number of nitrogens with one attached hydrogen (secondary N) is 1. The Morgan fingerprint density at radius 2 is 2.00 bits per heavy atom. The second-order valence-electron chi connectivity index (χ2n) is 5.17. The summed E-state index contributed by atoms with van der Waals surface area (Å²) in [5.74, 6) is -0.00186. The van der Waals surface area contributed by atoms with E-state index in [-0.39, 0.29) is 16.5 Å². The molecule has 0 spiro atoms. The summed E-state index contributed by atoms with van der Waals surface area (Å²) in [6, 6.07) is 11.6. The van der Waals surface area contributed by atoms with E-state index in [1.165, 1.54) is 18.3 Å². The van der Waals surface area contributed by atoms with Crippen LogP contribution in [0.15, 0.2) is 54.7 Å². The third-order valence-corrected chi connectivity index (χ3v) is 3.62. The largest absolute Gasteiger partial charge is 0.494 e. The van der Waals surface area contributed by atoms with E-state index in [1.807, 2.05) is 0 Å². The molecule has 0 fully saturated rings. The molecule has 0 aliphatic rings. The maximum atomic E-state index is 13.7. The van der Waals surface area contributed by atoms with Crippen molar-refractivity contribution in [1.82, 2.24) is 0 Å². The van der Waals surface area contributed by atoms with Gasteiger partial charge in [0.15, 0.2) is 11.6 Å². The number of halogens is 2. The Kier molecular flexibility index (Phi) is 6.82. The average Bonchev–Trinajstić information content (AvgIpc) is 2.59. The van der Waals surface area contributed by atoms with Crippen molar-refractivity contribution in [2.45, 2.75) is 19.8 Å². The van der Waals surface area contributed by atoms with Crippen LogP contribution in [0.3, 0.4) is 0 Å². The van der Waals surface area contributed by atoms with Crippen molar-refractivity contribution in [2.24, 2.45) is 0 Å². The van der Waals surface area contributed by atoms with Crippen LogP contribution in [0.25, 0.3) is 0 Å². The van der Waals surface area contributed by atoms with Gasteiger partial charge in [0.25, 0.3) is 0 Å². The highest BCUT2D eigenvalue weighted by Gasteiger charge is 2.05. The molecule has 2 aromatic carbocycles. The van der Waals surface area contributed by atoms with Gasteiger partial charge in [-0.3, -0.25) is 4.79 Å². The molecule has 0 aromatic heterocycles. The van der Waals surface area contributed by atoms with Gasteiger partial charge in [-0.1, -0.05) is 31.0 Å². The molecule has 0 bridgehead atoms. The van der Waals surface area contributed by atoms with Crippen LogP contribution >= 0.6 is 11.6 Å². The molecule has 2 aromatic rings. The van der Waals surface area contributed by atoms with Gasteiger partial charge in [-0.05, 0) is 42.8 Å². The summed E-state index contributed by atoms with van der Waals surface area (Å²) in [5, 5.41) is 2.74. The topological polar surface area (TPSA) is 38.3 Å². The Balaban J connectivity index is 1.93. The van der Waals surface area contributed by atoms with Crippen molar-refractivity contribution in [3.05, 3.63) is 71.1 Å². The first-order chi connectivity index (χ1) is 11.6. The molecular weight excluding hydrogens is 329 g/mol. The smallest absolute Gasteiger partial charge is 0.187 e. The molecule has 1 N–H and O–H groups in total. The van der Waals surface area contributed by atoms with E-state index in [2.05, 4.69) is 12.2 Å². The molecule has 0 aliphatic carbocycles. The Morgan fingerprint density at radius 3 is 2.71 bits per heavy atom. The monoisotopic (exact) mass is 347 g/mol. The standard InChI is InChI=1S/C19H19ClFNO2/c1-2-3-13-24-15-9-7-14(8-10-15)18(23)11-12-22-17-6-4-5-16(20)19(17)21/h4-12,22H,2-3,13H2,1H3. The number of ketones is 1. The lowest BCUT2D eigenvalue weighted by molar-refractivity contribution is 0.104. The minimum Gasteiger partial charge on any atom is -0.494 e. The van der Waals surface area contributed by atoms with E-state index in [1.54, 1.807) is 36.4 Å². The first kappa shape index (κ1) is 18.0. The van der Waals surface area contributed by atoms with Crippen LogP contribution in [0.4, 0.5) is 10.1 Å². The van der Waals surface area contributed by atoms with Gasteiger partial charge in [0.2, 0.25) is 0 Å². The average molecular weight is 348 g/mol. The summed E-state index contributed by atoms with van der Waals surface area (Å²) < 4.78 is 19.2. The van der Waals surface area contributed by atoms with Crippen molar-refractivity contribution in [1.29, 1.82) is 0 Å². The first-order valence-electron chi connectivity index (χ1n) is 7.76. The Labute approximate surface area is 146 Å². The molecule has 0 amide bonds. The molecule has 0 radical (unpaired) electrons. The number of carbonyl (C=O) groups excluding carboxylic acids is 1. The van der Waals surface area contributed by atoms with Crippen LogP contribution in [0, 0.1) is 5.82 Å². The van der Waals surface area contributed by atoms with Gasteiger partial charge in [0, 0.05) is 17.8 Å². The first-order valence-corrected chi connectivity index (χ1v) is 8.14. The number of ether oxygens (including phenoxy) is 1. The van der Waals surface area contributed by atoms with Gasteiger partial charge in [-0.25, -0.2) is 4.39 Å².